The SMILES string of the molecule is C#CCS(=O)CCCCCCCC. The Morgan fingerprint density at radius 1 is 1.15 bits per heavy atom. The largest absolute Gasteiger partial charge is 0.259 e. The van der Waals surface area contributed by atoms with E-state index < -0.39 is 10.8 Å². The van der Waals surface area contributed by atoms with Crippen molar-refractivity contribution in [3.63, 3.8) is 0 Å². The minimum Gasteiger partial charge on any atom is -0.259 e. The number of rotatable bonds is 8. The summed E-state index contributed by atoms with van der Waals surface area (Å²) in [6.45, 7) is 2.21. The maximum atomic E-state index is 11.1. The molecule has 2 heteroatoms. The maximum absolute atomic E-state index is 11.1. The van der Waals surface area contributed by atoms with Gasteiger partial charge in [0.2, 0.25) is 0 Å². The lowest BCUT2D eigenvalue weighted by molar-refractivity contribution is 0.622. The monoisotopic (exact) mass is 200 g/mol. The zero-order chi connectivity index (χ0) is 9.94. The van der Waals surface area contributed by atoms with Crippen molar-refractivity contribution in [2.24, 2.45) is 0 Å². The molecule has 0 aliphatic rings. The lowest BCUT2D eigenvalue weighted by Crippen LogP contribution is -2.00. The molecule has 1 nitrogen and oxygen atoms in total. The Hall–Kier alpha value is -0.290. The molecule has 0 aliphatic carbocycles. The second-order valence-corrected chi connectivity index (χ2v) is 4.84. The summed E-state index contributed by atoms with van der Waals surface area (Å²) in [6.07, 6.45) is 12.5. The van der Waals surface area contributed by atoms with Crippen LogP contribution in [0.3, 0.4) is 0 Å². The van der Waals surface area contributed by atoms with Crippen molar-refractivity contribution in [2.45, 2.75) is 45.4 Å². The molecule has 0 spiro atoms. The van der Waals surface area contributed by atoms with Gasteiger partial charge in [0.05, 0.1) is 5.75 Å². The van der Waals surface area contributed by atoms with Gasteiger partial charge < -0.3 is 0 Å². The Morgan fingerprint density at radius 2 is 1.77 bits per heavy atom. The van der Waals surface area contributed by atoms with E-state index in [1.54, 1.807) is 0 Å². The van der Waals surface area contributed by atoms with Gasteiger partial charge in [-0.3, -0.25) is 4.21 Å². The number of terminal acetylenes is 1. The fraction of sp³-hybridized carbons (Fsp3) is 0.818. The highest BCUT2D eigenvalue weighted by atomic mass is 32.2. The van der Waals surface area contributed by atoms with Crippen LogP contribution in [0.4, 0.5) is 0 Å². The van der Waals surface area contributed by atoms with Crippen molar-refractivity contribution in [2.75, 3.05) is 11.5 Å². The fourth-order valence-corrected chi connectivity index (χ4v) is 2.06. The first-order chi connectivity index (χ1) is 6.31. The third kappa shape index (κ3) is 9.63. The molecule has 0 amide bonds. The number of unbranched alkanes of at least 4 members (excludes halogenated alkanes) is 5. The number of hydrogen-bond donors (Lipinski definition) is 0. The number of hydrogen-bond acceptors (Lipinski definition) is 1. The van der Waals surface area contributed by atoms with Gasteiger partial charge in [-0.2, -0.15) is 0 Å². The molecule has 0 rings (SSSR count). The highest BCUT2D eigenvalue weighted by Crippen LogP contribution is 2.05. The molecule has 76 valence electrons. The third-order valence-electron chi connectivity index (χ3n) is 1.97. The topological polar surface area (TPSA) is 17.1 Å². The van der Waals surface area contributed by atoms with Gasteiger partial charge in [0.25, 0.3) is 0 Å². The molecule has 0 heterocycles. The van der Waals surface area contributed by atoms with Gasteiger partial charge in [0.15, 0.2) is 0 Å². The first-order valence-electron chi connectivity index (χ1n) is 5.09. The summed E-state index contributed by atoms with van der Waals surface area (Å²) in [5.74, 6) is 3.64. The second kappa shape index (κ2) is 9.80. The van der Waals surface area contributed by atoms with Crippen LogP contribution in [0.1, 0.15) is 45.4 Å². The summed E-state index contributed by atoms with van der Waals surface area (Å²) in [5.41, 5.74) is 0. The average molecular weight is 200 g/mol. The highest BCUT2D eigenvalue weighted by Gasteiger charge is 1.96. The standard InChI is InChI=1S/C11H20OS/c1-3-5-6-7-8-9-11-13(12)10-4-2/h2H,3,5-11H2,1H3. The Bertz CT molecular complexity index is 169. The van der Waals surface area contributed by atoms with Crippen LogP contribution in [0.5, 0.6) is 0 Å². The predicted octanol–water partition coefficient (Wildman–Crippen LogP) is 2.73. The summed E-state index contributed by atoms with van der Waals surface area (Å²) in [5, 5.41) is 0. The fourth-order valence-electron chi connectivity index (χ4n) is 1.21. The molecule has 0 N–H and O–H groups in total. The zero-order valence-electron chi connectivity index (χ0n) is 8.55. The van der Waals surface area contributed by atoms with Gasteiger partial charge in [-0.05, 0) is 6.42 Å². The summed E-state index contributed by atoms with van der Waals surface area (Å²) < 4.78 is 11.1. The van der Waals surface area contributed by atoms with E-state index in [0.29, 0.717) is 5.75 Å². The first kappa shape index (κ1) is 12.7. The van der Waals surface area contributed by atoms with Gasteiger partial charge in [-0.15, -0.1) is 6.42 Å². The van der Waals surface area contributed by atoms with Crippen molar-refractivity contribution < 1.29 is 4.21 Å². The van der Waals surface area contributed by atoms with E-state index in [9.17, 15) is 4.21 Å². The molecule has 0 aromatic carbocycles. The van der Waals surface area contributed by atoms with Crippen LogP contribution in [0.15, 0.2) is 0 Å². The van der Waals surface area contributed by atoms with E-state index in [4.69, 9.17) is 6.42 Å². The van der Waals surface area contributed by atoms with E-state index in [-0.39, 0.29) is 0 Å². The molecule has 13 heavy (non-hydrogen) atoms. The van der Waals surface area contributed by atoms with Crippen LogP contribution in [0.25, 0.3) is 0 Å². The molecule has 0 aliphatic heterocycles. The van der Waals surface area contributed by atoms with E-state index in [1.165, 1.54) is 32.1 Å². The molecular formula is C11H20OS. The molecule has 0 bridgehead atoms. The average Bonchev–Trinajstić information content (AvgIpc) is 2.11. The molecule has 0 aromatic heterocycles. The smallest absolute Gasteiger partial charge is 0.0844 e. The predicted molar refractivity (Wildman–Crippen MR) is 60.1 cm³/mol. The van der Waals surface area contributed by atoms with Crippen molar-refractivity contribution in [1.82, 2.24) is 0 Å². The maximum Gasteiger partial charge on any atom is 0.0844 e. The van der Waals surface area contributed by atoms with E-state index in [1.807, 2.05) is 0 Å². The Morgan fingerprint density at radius 3 is 2.38 bits per heavy atom. The van der Waals surface area contributed by atoms with Crippen molar-refractivity contribution in [1.29, 1.82) is 0 Å². The Kier molecular flexibility index (Phi) is 9.58. The first-order valence-corrected chi connectivity index (χ1v) is 6.58. The lowest BCUT2D eigenvalue weighted by Gasteiger charge is -1.99. The summed E-state index contributed by atoms with van der Waals surface area (Å²) in [6, 6.07) is 0. The molecule has 1 atom stereocenters. The van der Waals surface area contributed by atoms with Gasteiger partial charge in [-0.25, -0.2) is 0 Å². The Balaban J connectivity index is 3.08. The molecule has 0 radical (unpaired) electrons. The van der Waals surface area contributed by atoms with Crippen LogP contribution < -0.4 is 0 Å². The summed E-state index contributed by atoms with van der Waals surface area (Å²) in [4.78, 5) is 0. The Labute approximate surface area is 84.8 Å². The lowest BCUT2D eigenvalue weighted by atomic mass is 10.1. The summed E-state index contributed by atoms with van der Waals surface area (Å²) >= 11 is 0. The quantitative estimate of drug-likeness (QED) is 0.435. The van der Waals surface area contributed by atoms with Crippen molar-refractivity contribution in [3.8, 4) is 12.3 Å². The highest BCUT2D eigenvalue weighted by molar-refractivity contribution is 7.85. The summed E-state index contributed by atoms with van der Waals surface area (Å²) in [7, 11) is -0.763. The molecular weight excluding hydrogens is 180 g/mol. The molecule has 0 saturated heterocycles. The molecule has 0 fully saturated rings. The minimum atomic E-state index is -0.763. The van der Waals surface area contributed by atoms with Crippen LogP contribution in [-0.4, -0.2) is 15.7 Å². The van der Waals surface area contributed by atoms with Gasteiger partial charge in [0.1, 0.15) is 0 Å². The van der Waals surface area contributed by atoms with Crippen molar-refractivity contribution >= 4 is 10.8 Å². The van der Waals surface area contributed by atoms with Crippen LogP contribution in [0, 0.1) is 12.3 Å². The normalized spacial score (nSPS) is 12.3. The van der Waals surface area contributed by atoms with E-state index in [2.05, 4.69) is 12.8 Å². The van der Waals surface area contributed by atoms with Gasteiger partial charge >= 0.3 is 0 Å². The van der Waals surface area contributed by atoms with Crippen LogP contribution in [-0.2, 0) is 10.8 Å². The van der Waals surface area contributed by atoms with E-state index >= 15 is 0 Å². The van der Waals surface area contributed by atoms with Gasteiger partial charge in [0, 0.05) is 16.6 Å². The van der Waals surface area contributed by atoms with Crippen LogP contribution >= 0.6 is 0 Å². The molecule has 1 unspecified atom stereocenters. The van der Waals surface area contributed by atoms with E-state index in [0.717, 1.165) is 12.2 Å². The minimum absolute atomic E-state index is 0.426. The second-order valence-electron chi connectivity index (χ2n) is 3.26. The third-order valence-corrected chi connectivity index (χ3v) is 3.20. The van der Waals surface area contributed by atoms with Gasteiger partial charge in [-0.1, -0.05) is 44.9 Å². The van der Waals surface area contributed by atoms with Crippen molar-refractivity contribution in [3.05, 3.63) is 0 Å². The molecule has 0 aromatic rings. The molecule has 0 saturated carbocycles. The zero-order valence-corrected chi connectivity index (χ0v) is 9.37. The van der Waals surface area contributed by atoms with Crippen LogP contribution in [0.2, 0.25) is 0 Å².